The summed E-state index contributed by atoms with van der Waals surface area (Å²) in [5.41, 5.74) is 5.89. The normalized spacial score (nSPS) is 18.5. The minimum absolute atomic E-state index is 0.0390. The second kappa shape index (κ2) is 5.58. The van der Waals surface area contributed by atoms with E-state index >= 15 is 0 Å². The molecule has 1 heterocycles. The molecule has 1 atom stereocenters. The molecular weight excluding hydrogens is 255 g/mol. The lowest BCUT2D eigenvalue weighted by Gasteiger charge is -2.31. The summed E-state index contributed by atoms with van der Waals surface area (Å²) in [5, 5.41) is 9.34. The number of carbonyl (C=O) groups is 1. The fourth-order valence-corrected chi connectivity index (χ4v) is 2.99. The Morgan fingerprint density at radius 1 is 1.44 bits per heavy atom. The van der Waals surface area contributed by atoms with Crippen LogP contribution in [0, 0.1) is 5.82 Å². The van der Waals surface area contributed by atoms with E-state index in [0.29, 0.717) is 18.7 Å². The quantitative estimate of drug-likeness (QED) is 0.816. The van der Waals surface area contributed by atoms with Gasteiger partial charge in [-0.05, 0) is 17.7 Å². The summed E-state index contributed by atoms with van der Waals surface area (Å²) in [6.45, 7) is 1.40. The van der Waals surface area contributed by atoms with Crippen LogP contribution in [0.5, 0.6) is 0 Å². The van der Waals surface area contributed by atoms with Gasteiger partial charge in [0.15, 0.2) is 0 Å². The van der Waals surface area contributed by atoms with E-state index in [4.69, 9.17) is 5.73 Å². The van der Waals surface area contributed by atoms with Crippen molar-refractivity contribution in [2.24, 2.45) is 0 Å². The molecule has 1 aliphatic heterocycles. The van der Waals surface area contributed by atoms with Crippen LogP contribution in [0.25, 0.3) is 0 Å². The number of nitrogens with zero attached hydrogens (tertiary/aromatic N) is 1. The molecule has 6 heteroatoms. The van der Waals surface area contributed by atoms with Crippen LogP contribution in [0.3, 0.4) is 0 Å². The highest BCUT2D eigenvalue weighted by Gasteiger charge is 2.29. The molecule has 0 bridgehead atoms. The first kappa shape index (κ1) is 13.2. The second-order valence-electron chi connectivity index (χ2n) is 4.17. The average Bonchev–Trinajstić information content (AvgIpc) is 2.35. The fourth-order valence-electron chi connectivity index (χ4n) is 2.06. The van der Waals surface area contributed by atoms with Gasteiger partial charge in [0, 0.05) is 24.6 Å². The molecule has 2 rings (SSSR count). The van der Waals surface area contributed by atoms with E-state index in [1.54, 1.807) is 17.8 Å². The van der Waals surface area contributed by atoms with Gasteiger partial charge >= 0.3 is 5.97 Å². The van der Waals surface area contributed by atoms with Gasteiger partial charge in [-0.1, -0.05) is 6.07 Å². The number of benzene rings is 1. The van der Waals surface area contributed by atoms with Crippen molar-refractivity contribution in [2.75, 3.05) is 30.3 Å². The maximum atomic E-state index is 13.4. The molecule has 1 aromatic carbocycles. The van der Waals surface area contributed by atoms with Crippen molar-refractivity contribution in [3.8, 4) is 0 Å². The van der Waals surface area contributed by atoms with E-state index < -0.39 is 17.8 Å². The molecule has 0 aromatic heterocycles. The van der Waals surface area contributed by atoms with Crippen LogP contribution >= 0.6 is 11.8 Å². The van der Waals surface area contributed by atoms with Crippen molar-refractivity contribution in [1.29, 1.82) is 0 Å². The number of halogens is 1. The van der Waals surface area contributed by atoms with Gasteiger partial charge in [-0.3, -0.25) is 9.69 Å². The van der Waals surface area contributed by atoms with Gasteiger partial charge in [0.05, 0.1) is 5.69 Å². The molecule has 3 N–H and O–H groups in total. The predicted molar refractivity (Wildman–Crippen MR) is 70.1 cm³/mol. The van der Waals surface area contributed by atoms with E-state index in [1.807, 2.05) is 4.90 Å². The largest absolute Gasteiger partial charge is 0.480 e. The Kier molecular flexibility index (Phi) is 4.08. The van der Waals surface area contributed by atoms with Crippen LogP contribution < -0.4 is 5.73 Å². The van der Waals surface area contributed by atoms with E-state index in [1.165, 1.54) is 12.1 Å². The maximum Gasteiger partial charge on any atom is 0.325 e. The molecule has 18 heavy (non-hydrogen) atoms. The molecule has 0 saturated carbocycles. The van der Waals surface area contributed by atoms with Crippen LogP contribution in [0.2, 0.25) is 0 Å². The number of aliphatic carboxylic acids is 1. The highest BCUT2D eigenvalue weighted by atomic mass is 32.2. The molecule has 0 aliphatic carbocycles. The minimum Gasteiger partial charge on any atom is -0.480 e. The van der Waals surface area contributed by atoms with Crippen LogP contribution in [0.1, 0.15) is 11.6 Å². The number of nitrogens with two attached hydrogens (primary N) is 1. The number of hydrogen-bond acceptors (Lipinski definition) is 4. The number of nitrogen functional groups attached to an aromatic ring is 1. The highest BCUT2D eigenvalue weighted by molar-refractivity contribution is 7.99. The summed E-state index contributed by atoms with van der Waals surface area (Å²) in [6, 6.07) is 3.43. The number of hydrogen-bond donors (Lipinski definition) is 2. The van der Waals surface area contributed by atoms with Crippen molar-refractivity contribution >= 4 is 23.4 Å². The Balaban J connectivity index is 2.28. The zero-order valence-corrected chi connectivity index (χ0v) is 10.6. The fraction of sp³-hybridized carbons (Fsp3) is 0.417. The topological polar surface area (TPSA) is 66.6 Å². The number of carboxylic acids is 1. The minimum atomic E-state index is -0.953. The second-order valence-corrected chi connectivity index (χ2v) is 5.39. The summed E-state index contributed by atoms with van der Waals surface area (Å²) in [6.07, 6.45) is 0. The molecule has 98 valence electrons. The molecule has 1 fully saturated rings. The summed E-state index contributed by atoms with van der Waals surface area (Å²) in [7, 11) is 0. The third kappa shape index (κ3) is 2.76. The Labute approximate surface area is 109 Å². The van der Waals surface area contributed by atoms with Gasteiger partial charge in [-0.15, -0.1) is 0 Å². The van der Waals surface area contributed by atoms with Crippen molar-refractivity contribution in [2.45, 2.75) is 6.04 Å². The first-order chi connectivity index (χ1) is 8.59. The molecule has 1 aromatic rings. The summed E-state index contributed by atoms with van der Waals surface area (Å²) in [4.78, 5) is 13.3. The average molecular weight is 270 g/mol. The zero-order valence-electron chi connectivity index (χ0n) is 9.80. The Morgan fingerprint density at radius 2 is 2.11 bits per heavy atom. The Hall–Kier alpha value is -1.27. The van der Waals surface area contributed by atoms with Gasteiger partial charge in [-0.25, -0.2) is 4.39 Å². The zero-order chi connectivity index (χ0) is 13.1. The maximum absolute atomic E-state index is 13.4. The predicted octanol–water partition coefficient (Wildman–Crippen LogP) is 1.58. The first-order valence-electron chi connectivity index (χ1n) is 5.69. The molecule has 0 amide bonds. The van der Waals surface area contributed by atoms with E-state index in [9.17, 15) is 14.3 Å². The molecular formula is C12H15FN2O2S. The van der Waals surface area contributed by atoms with Gasteiger partial charge in [0.2, 0.25) is 0 Å². The number of carboxylic acid groups (broad SMARTS) is 1. The third-order valence-electron chi connectivity index (χ3n) is 2.98. The smallest absolute Gasteiger partial charge is 0.325 e. The third-order valence-corrected chi connectivity index (χ3v) is 3.93. The first-order valence-corrected chi connectivity index (χ1v) is 6.84. The molecule has 0 unspecified atom stereocenters. The molecule has 4 nitrogen and oxygen atoms in total. The van der Waals surface area contributed by atoms with Crippen LogP contribution in [0.15, 0.2) is 18.2 Å². The molecule has 1 saturated heterocycles. The van der Waals surface area contributed by atoms with Gasteiger partial charge in [0.25, 0.3) is 0 Å². The van der Waals surface area contributed by atoms with Gasteiger partial charge in [-0.2, -0.15) is 11.8 Å². The number of anilines is 1. The van der Waals surface area contributed by atoms with Crippen molar-refractivity contribution in [1.82, 2.24) is 4.90 Å². The van der Waals surface area contributed by atoms with Gasteiger partial charge < -0.3 is 10.8 Å². The lowest BCUT2D eigenvalue weighted by molar-refractivity contribution is -0.143. The Morgan fingerprint density at radius 3 is 2.67 bits per heavy atom. The van der Waals surface area contributed by atoms with Crippen LogP contribution in [0.4, 0.5) is 10.1 Å². The van der Waals surface area contributed by atoms with Gasteiger partial charge in [0.1, 0.15) is 11.9 Å². The van der Waals surface area contributed by atoms with E-state index in [0.717, 1.165) is 11.5 Å². The lowest BCUT2D eigenvalue weighted by Crippen LogP contribution is -2.39. The van der Waals surface area contributed by atoms with Crippen LogP contribution in [-0.2, 0) is 4.79 Å². The van der Waals surface area contributed by atoms with E-state index in [-0.39, 0.29) is 5.69 Å². The Bertz CT molecular complexity index is 450. The van der Waals surface area contributed by atoms with Crippen molar-refractivity contribution in [3.05, 3.63) is 29.6 Å². The monoisotopic (exact) mass is 270 g/mol. The number of rotatable bonds is 3. The van der Waals surface area contributed by atoms with Crippen molar-refractivity contribution in [3.63, 3.8) is 0 Å². The van der Waals surface area contributed by atoms with Crippen LogP contribution in [-0.4, -0.2) is 40.6 Å². The summed E-state index contributed by atoms with van der Waals surface area (Å²) in [5.74, 6) is 0.291. The SMILES string of the molecule is Nc1ccc([C@@H](C(=O)O)N2CCSCC2)cc1F. The standard InChI is InChI=1S/C12H15FN2O2S/c13-9-7-8(1-2-10(9)14)11(12(16)17)15-3-5-18-6-4-15/h1-2,7,11H,3-6,14H2,(H,16,17)/t11-/m0/s1. The van der Waals surface area contributed by atoms with Crippen molar-refractivity contribution < 1.29 is 14.3 Å². The number of thioether (sulfide) groups is 1. The molecule has 1 aliphatic rings. The highest BCUT2D eigenvalue weighted by Crippen LogP contribution is 2.26. The molecule has 0 spiro atoms. The lowest BCUT2D eigenvalue weighted by atomic mass is 10.0. The summed E-state index contributed by atoms with van der Waals surface area (Å²) >= 11 is 1.80. The molecule has 0 radical (unpaired) electrons. The summed E-state index contributed by atoms with van der Waals surface area (Å²) < 4.78 is 13.4. The van der Waals surface area contributed by atoms with E-state index in [2.05, 4.69) is 0 Å².